The first kappa shape index (κ1) is 28.2. The number of nitrogens with zero attached hydrogens (tertiary/aromatic N) is 2. The molecule has 2 aliphatic rings. The molecule has 1 unspecified atom stereocenters. The Labute approximate surface area is 220 Å². The molecule has 0 radical (unpaired) electrons. The number of oxime groups is 1. The van der Waals surface area contributed by atoms with E-state index in [0.29, 0.717) is 11.1 Å². The second-order valence-corrected chi connectivity index (χ2v) is 9.81. The Kier molecular flexibility index (Phi) is 7.01. The van der Waals surface area contributed by atoms with E-state index in [0.717, 1.165) is 12.1 Å². The number of amidine groups is 1. The van der Waals surface area contributed by atoms with Crippen molar-refractivity contribution in [2.75, 3.05) is 6.54 Å². The molecule has 0 fully saturated rings. The Morgan fingerprint density at radius 3 is 2.13 bits per heavy atom. The van der Waals surface area contributed by atoms with Crippen molar-refractivity contribution in [1.82, 2.24) is 10.2 Å². The fraction of sp³-hybridized carbons (Fsp3) is 0.391. The van der Waals surface area contributed by atoms with Crippen LogP contribution in [0.4, 0.5) is 35.1 Å². The van der Waals surface area contributed by atoms with E-state index in [1.54, 1.807) is 5.32 Å². The van der Waals surface area contributed by atoms with Crippen molar-refractivity contribution in [2.24, 2.45) is 5.16 Å². The summed E-state index contributed by atoms with van der Waals surface area (Å²) in [6, 6.07) is 6.24. The minimum atomic E-state index is -5.83. The standard InChI is InChI=1S/C23H17Cl2F8N3O2/c1-11-2-12-8-36(9-13(12)3-17(11)19(37)34-10-21(26,27)23(31,32)33)18-7-20(38-35-18,22(28,29)30)14-4-15(24)6-16(25)5-14/h2-6H,7-10H2,1H3,(H,34,37). The van der Waals surface area contributed by atoms with Gasteiger partial charge in [0.25, 0.3) is 11.5 Å². The van der Waals surface area contributed by atoms with Crippen molar-refractivity contribution in [2.45, 2.75) is 50.3 Å². The molecular formula is C23H17Cl2F8N3O2. The number of hydrogen-bond acceptors (Lipinski definition) is 4. The lowest BCUT2D eigenvalue weighted by Gasteiger charge is -2.30. The van der Waals surface area contributed by atoms with Gasteiger partial charge in [-0.25, -0.2) is 0 Å². The van der Waals surface area contributed by atoms with Crippen LogP contribution in [0, 0.1) is 6.92 Å². The van der Waals surface area contributed by atoms with E-state index in [4.69, 9.17) is 28.0 Å². The zero-order valence-corrected chi connectivity index (χ0v) is 20.7. The van der Waals surface area contributed by atoms with Gasteiger partial charge in [0.15, 0.2) is 0 Å². The fourth-order valence-corrected chi connectivity index (χ4v) is 4.76. The Balaban J connectivity index is 1.53. The maximum atomic E-state index is 14.2. The molecule has 1 amide bonds. The van der Waals surface area contributed by atoms with Crippen LogP contribution in [-0.2, 0) is 23.5 Å². The topological polar surface area (TPSA) is 53.9 Å². The van der Waals surface area contributed by atoms with Crippen LogP contribution in [0.1, 0.15) is 39.0 Å². The van der Waals surface area contributed by atoms with E-state index in [9.17, 15) is 39.9 Å². The predicted octanol–water partition coefficient (Wildman–Crippen LogP) is 6.74. The third-order valence-corrected chi connectivity index (χ3v) is 6.70. The summed E-state index contributed by atoms with van der Waals surface area (Å²) < 4.78 is 106. The third kappa shape index (κ3) is 5.09. The molecule has 0 saturated carbocycles. The highest BCUT2D eigenvalue weighted by molar-refractivity contribution is 6.34. The summed E-state index contributed by atoms with van der Waals surface area (Å²) in [5.74, 6) is -6.32. The van der Waals surface area contributed by atoms with Crippen molar-refractivity contribution in [3.8, 4) is 0 Å². The summed E-state index contributed by atoms with van der Waals surface area (Å²) in [5, 5.41) is 5.21. The minimum absolute atomic E-state index is 0.0129. The highest BCUT2D eigenvalue weighted by Crippen LogP contribution is 2.50. The molecule has 206 valence electrons. The number of aryl methyl sites for hydroxylation is 1. The number of halogens is 10. The molecular weight excluding hydrogens is 573 g/mol. The molecule has 1 atom stereocenters. The molecule has 2 aromatic carbocycles. The van der Waals surface area contributed by atoms with E-state index in [-0.39, 0.29) is 45.7 Å². The van der Waals surface area contributed by atoms with Crippen LogP contribution in [0.2, 0.25) is 10.0 Å². The maximum Gasteiger partial charge on any atom is 0.455 e. The molecule has 15 heteroatoms. The van der Waals surface area contributed by atoms with Gasteiger partial charge in [-0.2, -0.15) is 35.1 Å². The first-order chi connectivity index (χ1) is 17.4. The van der Waals surface area contributed by atoms with Gasteiger partial charge in [0, 0.05) is 34.3 Å². The molecule has 2 heterocycles. The zero-order valence-electron chi connectivity index (χ0n) is 19.2. The first-order valence-corrected chi connectivity index (χ1v) is 11.6. The summed E-state index contributed by atoms with van der Waals surface area (Å²) in [7, 11) is 0. The lowest BCUT2D eigenvalue weighted by molar-refractivity contribution is -0.278. The van der Waals surface area contributed by atoms with Gasteiger partial charge in [0.2, 0.25) is 0 Å². The van der Waals surface area contributed by atoms with Gasteiger partial charge < -0.3 is 15.1 Å². The second kappa shape index (κ2) is 9.44. The summed E-state index contributed by atoms with van der Waals surface area (Å²) in [4.78, 5) is 18.8. The Morgan fingerprint density at radius 2 is 1.58 bits per heavy atom. The number of nitrogens with one attached hydrogen (secondary N) is 1. The van der Waals surface area contributed by atoms with Crippen molar-refractivity contribution < 1.29 is 44.8 Å². The number of amides is 1. The van der Waals surface area contributed by atoms with Crippen LogP contribution in [0.3, 0.4) is 0 Å². The molecule has 1 N–H and O–H groups in total. The number of alkyl halides is 8. The van der Waals surface area contributed by atoms with E-state index < -0.39 is 42.7 Å². The molecule has 0 bridgehead atoms. The lowest BCUT2D eigenvalue weighted by Crippen LogP contribution is -2.46. The lowest BCUT2D eigenvalue weighted by atomic mass is 9.89. The molecule has 0 saturated heterocycles. The Bertz CT molecular complexity index is 1290. The number of benzene rings is 2. The average Bonchev–Trinajstić information content (AvgIpc) is 3.40. The SMILES string of the molecule is Cc1cc2c(cc1C(=O)NCC(F)(F)C(F)(F)F)CN(C1=NOC(c3cc(Cl)cc(Cl)c3)(C(F)(F)F)C1)C2. The fourth-order valence-electron chi connectivity index (χ4n) is 4.23. The average molecular weight is 590 g/mol. The van der Waals surface area contributed by atoms with E-state index >= 15 is 0 Å². The van der Waals surface area contributed by atoms with Crippen LogP contribution < -0.4 is 5.32 Å². The molecule has 0 spiro atoms. The highest BCUT2D eigenvalue weighted by Gasteiger charge is 2.63. The van der Waals surface area contributed by atoms with Crippen LogP contribution in [0.15, 0.2) is 35.5 Å². The van der Waals surface area contributed by atoms with E-state index in [2.05, 4.69) is 5.16 Å². The third-order valence-electron chi connectivity index (χ3n) is 6.27. The van der Waals surface area contributed by atoms with Gasteiger partial charge in [-0.15, -0.1) is 0 Å². The quantitative estimate of drug-likeness (QED) is 0.402. The maximum absolute atomic E-state index is 14.2. The number of hydrogen-bond donors (Lipinski definition) is 1. The predicted molar refractivity (Wildman–Crippen MR) is 121 cm³/mol. The van der Waals surface area contributed by atoms with Crippen LogP contribution >= 0.6 is 23.2 Å². The Hall–Kier alpha value is -2.80. The normalized spacial score (nSPS) is 19.8. The minimum Gasteiger partial charge on any atom is -0.372 e. The molecule has 2 aliphatic heterocycles. The van der Waals surface area contributed by atoms with Gasteiger partial charge >= 0.3 is 18.3 Å². The number of rotatable bonds is 4. The summed E-state index contributed by atoms with van der Waals surface area (Å²) in [6.07, 6.45) is -11.4. The molecule has 4 rings (SSSR count). The molecule has 0 aromatic heterocycles. The largest absolute Gasteiger partial charge is 0.455 e. The van der Waals surface area contributed by atoms with E-state index in [1.807, 2.05) is 0 Å². The van der Waals surface area contributed by atoms with E-state index in [1.165, 1.54) is 30.0 Å². The number of fused-ring (bicyclic) bond motifs is 1. The number of carbonyl (C=O) groups is 1. The number of carbonyl (C=O) groups excluding carboxylic acids is 1. The van der Waals surface area contributed by atoms with Crippen molar-refractivity contribution >= 4 is 34.9 Å². The molecule has 38 heavy (non-hydrogen) atoms. The van der Waals surface area contributed by atoms with Crippen LogP contribution in [0.5, 0.6) is 0 Å². The molecule has 5 nitrogen and oxygen atoms in total. The van der Waals surface area contributed by atoms with Gasteiger partial charge in [0.05, 0.1) is 13.0 Å². The van der Waals surface area contributed by atoms with Crippen molar-refractivity contribution in [1.29, 1.82) is 0 Å². The van der Waals surface area contributed by atoms with Crippen molar-refractivity contribution in [3.05, 3.63) is 68.2 Å². The van der Waals surface area contributed by atoms with Gasteiger partial charge in [-0.3, -0.25) is 4.79 Å². The molecule has 0 aliphatic carbocycles. The second-order valence-electron chi connectivity index (χ2n) is 8.94. The zero-order chi connectivity index (χ0) is 28.3. The summed E-state index contributed by atoms with van der Waals surface area (Å²) in [5.41, 5.74) is -1.99. The smallest absolute Gasteiger partial charge is 0.372 e. The van der Waals surface area contributed by atoms with Crippen LogP contribution in [0.25, 0.3) is 0 Å². The summed E-state index contributed by atoms with van der Waals surface area (Å²) in [6.45, 7) is -0.412. The highest BCUT2D eigenvalue weighted by atomic mass is 35.5. The summed E-state index contributed by atoms with van der Waals surface area (Å²) >= 11 is 11.8. The van der Waals surface area contributed by atoms with Gasteiger partial charge in [-0.1, -0.05) is 34.4 Å². The molecule has 2 aromatic rings. The van der Waals surface area contributed by atoms with Crippen LogP contribution in [-0.4, -0.2) is 41.5 Å². The monoisotopic (exact) mass is 589 g/mol. The Morgan fingerprint density at radius 1 is 1.00 bits per heavy atom. The van der Waals surface area contributed by atoms with Gasteiger partial charge in [0.1, 0.15) is 5.84 Å². The van der Waals surface area contributed by atoms with Crippen molar-refractivity contribution in [3.63, 3.8) is 0 Å². The van der Waals surface area contributed by atoms with Gasteiger partial charge in [-0.05, 0) is 47.9 Å². The first-order valence-electron chi connectivity index (χ1n) is 10.8.